The van der Waals surface area contributed by atoms with Crippen LogP contribution in [-0.4, -0.2) is 46.3 Å². The van der Waals surface area contributed by atoms with Crippen molar-refractivity contribution in [3.05, 3.63) is 0 Å². The summed E-state index contributed by atoms with van der Waals surface area (Å²) in [4.78, 5) is 4.35. The first kappa shape index (κ1) is 17.2. The molecule has 0 aliphatic rings. The highest BCUT2D eigenvalue weighted by molar-refractivity contribution is 7.89. The number of aliphatic imine (C=N–C) groups is 1. The first-order valence-electron chi connectivity index (χ1n) is 6.55. The second kappa shape index (κ2) is 10.1. The predicted molar refractivity (Wildman–Crippen MR) is 76.4 cm³/mol. The van der Waals surface area contributed by atoms with Gasteiger partial charge in [-0.2, -0.15) is 0 Å². The molecule has 0 saturated heterocycles. The molecule has 0 saturated carbocycles. The summed E-state index contributed by atoms with van der Waals surface area (Å²) in [5.41, 5.74) is 0. The predicted octanol–water partition coefficient (Wildman–Crippen LogP) is 0.281. The molecule has 7 heteroatoms. The van der Waals surface area contributed by atoms with Crippen molar-refractivity contribution in [3.63, 3.8) is 0 Å². The Morgan fingerprint density at radius 3 is 2.39 bits per heavy atom. The second-order valence-corrected chi connectivity index (χ2v) is 5.93. The summed E-state index contributed by atoms with van der Waals surface area (Å²) < 4.78 is 24.9. The first-order valence-corrected chi connectivity index (χ1v) is 8.20. The highest BCUT2D eigenvalue weighted by Gasteiger charge is 2.04. The van der Waals surface area contributed by atoms with E-state index < -0.39 is 10.0 Å². The van der Waals surface area contributed by atoms with Crippen molar-refractivity contribution in [2.45, 2.75) is 33.6 Å². The van der Waals surface area contributed by atoms with Gasteiger partial charge in [0, 0.05) is 26.2 Å². The average molecular weight is 278 g/mol. The molecule has 0 amide bonds. The number of sulfonamides is 1. The van der Waals surface area contributed by atoms with Gasteiger partial charge in [-0.25, -0.2) is 13.1 Å². The van der Waals surface area contributed by atoms with Gasteiger partial charge in [-0.1, -0.05) is 6.92 Å². The Morgan fingerprint density at radius 2 is 1.83 bits per heavy atom. The monoisotopic (exact) mass is 278 g/mol. The van der Waals surface area contributed by atoms with Gasteiger partial charge in [0.15, 0.2) is 5.96 Å². The summed E-state index contributed by atoms with van der Waals surface area (Å²) in [5, 5.41) is 6.30. The summed E-state index contributed by atoms with van der Waals surface area (Å²) in [6.45, 7) is 8.47. The molecule has 0 spiro atoms. The average Bonchev–Trinajstić information content (AvgIpc) is 2.35. The molecule has 0 radical (unpaired) electrons. The van der Waals surface area contributed by atoms with E-state index >= 15 is 0 Å². The molecule has 0 bridgehead atoms. The lowest BCUT2D eigenvalue weighted by Gasteiger charge is -2.11. The quantitative estimate of drug-likeness (QED) is 0.321. The Balaban J connectivity index is 3.80. The number of nitrogens with one attached hydrogen (secondary N) is 3. The molecule has 0 fully saturated rings. The van der Waals surface area contributed by atoms with E-state index in [2.05, 4.69) is 27.3 Å². The van der Waals surface area contributed by atoms with Crippen molar-refractivity contribution >= 4 is 16.0 Å². The van der Waals surface area contributed by atoms with E-state index in [0.29, 0.717) is 13.1 Å². The van der Waals surface area contributed by atoms with Crippen LogP contribution in [0.2, 0.25) is 0 Å². The van der Waals surface area contributed by atoms with Gasteiger partial charge in [0.2, 0.25) is 10.0 Å². The lowest BCUT2D eigenvalue weighted by Crippen LogP contribution is -2.39. The summed E-state index contributed by atoms with van der Waals surface area (Å²) in [6.07, 6.45) is 1.74. The molecule has 3 N–H and O–H groups in total. The zero-order valence-corrected chi connectivity index (χ0v) is 12.4. The van der Waals surface area contributed by atoms with E-state index in [0.717, 1.165) is 31.9 Å². The summed E-state index contributed by atoms with van der Waals surface area (Å²) in [6, 6.07) is 0. The minimum atomic E-state index is -3.07. The summed E-state index contributed by atoms with van der Waals surface area (Å²) >= 11 is 0. The van der Waals surface area contributed by atoms with Crippen LogP contribution in [0.5, 0.6) is 0 Å². The molecule has 18 heavy (non-hydrogen) atoms. The molecule has 0 heterocycles. The Hall–Kier alpha value is -0.820. The molecule has 0 aromatic heterocycles. The van der Waals surface area contributed by atoms with Crippen LogP contribution in [0.25, 0.3) is 0 Å². The van der Waals surface area contributed by atoms with E-state index in [1.165, 1.54) is 0 Å². The van der Waals surface area contributed by atoms with Crippen molar-refractivity contribution in [2.24, 2.45) is 4.99 Å². The third-order valence-corrected chi connectivity index (χ3v) is 3.59. The van der Waals surface area contributed by atoms with E-state index in [4.69, 9.17) is 0 Å². The standard InChI is InChI=1S/C11H26N4O2S/c1-4-8-13-11(12-5-2)14-9-7-10-15-18(16,17)6-3/h15H,4-10H2,1-3H3,(H2,12,13,14). The van der Waals surface area contributed by atoms with Crippen molar-refractivity contribution in [1.82, 2.24) is 15.4 Å². The molecule has 0 aromatic carbocycles. The van der Waals surface area contributed by atoms with Crippen LogP contribution in [-0.2, 0) is 10.0 Å². The molecule has 0 unspecified atom stereocenters. The van der Waals surface area contributed by atoms with Crippen molar-refractivity contribution in [1.29, 1.82) is 0 Å². The Kier molecular flexibility index (Phi) is 9.67. The summed E-state index contributed by atoms with van der Waals surface area (Å²) in [5.74, 6) is 0.916. The van der Waals surface area contributed by atoms with Gasteiger partial charge < -0.3 is 10.6 Å². The smallest absolute Gasteiger partial charge is 0.211 e. The van der Waals surface area contributed by atoms with Gasteiger partial charge in [0.05, 0.1) is 5.75 Å². The van der Waals surface area contributed by atoms with Crippen molar-refractivity contribution in [2.75, 3.05) is 31.9 Å². The Labute approximate surface area is 111 Å². The minimum absolute atomic E-state index is 0.126. The fourth-order valence-corrected chi connectivity index (χ4v) is 1.85. The van der Waals surface area contributed by atoms with Crippen LogP contribution < -0.4 is 15.4 Å². The normalized spacial score (nSPS) is 12.5. The van der Waals surface area contributed by atoms with Gasteiger partial charge in [-0.15, -0.1) is 0 Å². The van der Waals surface area contributed by atoms with E-state index in [-0.39, 0.29) is 5.75 Å². The van der Waals surface area contributed by atoms with Gasteiger partial charge in [-0.05, 0) is 26.7 Å². The Morgan fingerprint density at radius 1 is 1.11 bits per heavy atom. The highest BCUT2D eigenvalue weighted by Crippen LogP contribution is 1.84. The highest BCUT2D eigenvalue weighted by atomic mass is 32.2. The number of hydrogen-bond acceptors (Lipinski definition) is 3. The van der Waals surface area contributed by atoms with Crippen LogP contribution in [0.15, 0.2) is 4.99 Å². The molecule has 108 valence electrons. The number of rotatable bonds is 9. The van der Waals surface area contributed by atoms with E-state index in [1.807, 2.05) is 6.92 Å². The largest absolute Gasteiger partial charge is 0.357 e. The molecular weight excluding hydrogens is 252 g/mol. The number of hydrogen-bond donors (Lipinski definition) is 3. The minimum Gasteiger partial charge on any atom is -0.357 e. The fourth-order valence-electron chi connectivity index (χ4n) is 1.19. The van der Waals surface area contributed by atoms with Crippen LogP contribution in [0, 0.1) is 0 Å². The van der Waals surface area contributed by atoms with Gasteiger partial charge in [-0.3, -0.25) is 4.99 Å². The fraction of sp³-hybridized carbons (Fsp3) is 0.909. The van der Waals surface area contributed by atoms with Crippen LogP contribution in [0.3, 0.4) is 0 Å². The topological polar surface area (TPSA) is 82.6 Å². The molecule has 0 rings (SSSR count). The van der Waals surface area contributed by atoms with Gasteiger partial charge >= 0.3 is 0 Å². The lowest BCUT2D eigenvalue weighted by atomic mass is 10.4. The number of guanidine groups is 1. The molecule has 0 atom stereocenters. The Bertz CT molecular complexity index is 328. The molecular formula is C11H26N4O2S. The van der Waals surface area contributed by atoms with E-state index in [9.17, 15) is 8.42 Å². The van der Waals surface area contributed by atoms with Crippen molar-refractivity contribution < 1.29 is 8.42 Å². The number of nitrogens with zero attached hydrogens (tertiary/aromatic N) is 1. The van der Waals surface area contributed by atoms with Crippen molar-refractivity contribution in [3.8, 4) is 0 Å². The second-order valence-electron chi connectivity index (χ2n) is 3.84. The summed E-state index contributed by atoms with van der Waals surface area (Å²) in [7, 11) is -3.07. The third-order valence-electron chi connectivity index (χ3n) is 2.19. The van der Waals surface area contributed by atoms with Gasteiger partial charge in [0.25, 0.3) is 0 Å². The maximum absolute atomic E-state index is 11.2. The first-order chi connectivity index (χ1) is 8.55. The zero-order valence-electron chi connectivity index (χ0n) is 11.6. The lowest BCUT2D eigenvalue weighted by molar-refractivity contribution is 0.579. The van der Waals surface area contributed by atoms with E-state index in [1.54, 1.807) is 6.92 Å². The van der Waals surface area contributed by atoms with Crippen LogP contribution >= 0.6 is 0 Å². The SMILES string of the molecule is CCCN=C(NCC)NCCCNS(=O)(=O)CC. The molecule has 0 aromatic rings. The molecule has 0 aliphatic carbocycles. The third kappa shape index (κ3) is 9.23. The van der Waals surface area contributed by atoms with Gasteiger partial charge in [0.1, 0.15) is 0 Å². The zero-order chi connectivity index (χ0) is 13.9. The van der Waals surface area contributed by atoms with Crippen LogP contribution in [0.4, 0.5) is 0 Å². The molecule has 0 aliphatic heterocycles. The maximum Gasteiger partial charge on any atom is 0.211 e. The van der Waals surface area contributed by atoms with Crippen LogP contribution in [0.1, 0.15) is 33.6 Å². The maximum atomic E-state index is 11.2. The molecule has 6 nitrogen and oxygen atoms in total.